The van der Waals surface area contributed by atoms with E-state index < -0.39 is 22.3 Å². The van der Waals surface area contributed by atoms with E-state index in [-0.39, 0.29) is 10.8 Å². The van der Waals surface area contributed by atoms with Crippen LogP contribution in [0, 0.1) is 39.8 Å². The van der Waals surface area contributed by atoms with Crippen molar-refractivity contribution >= 4 is 60.5 Å². The van der Waals surface area contributed by atoms with Gasteiger partial charge >= 0.3 is 16.9 Å². The third-order valence-corrected chi connectivity index (χ3v) is 17.4. The molecule has 0 aliphatic carbocycles. The van der Waals surface area contributed by atoms with Crippen molar-refractivity contribution in [2.75, 3.05) is 0 Å². The Morgan fingerprint density at radius 1 is 0.500 bits per heavy atom. The van der Waals surface area contributed by atoms with Crippen LogP contribution in [-0.2, 0) is 16.2 Å². The summed E-state index contributed by atoms with van der Waals surface area (Å²) in [6.45, 7) is 27.0. The van der Waals surface area contributed by atoms with Crippen LogP contribution >= 0.6 is 16.9 Å². The van der Waals surface area contributed by atoms with E-state index in [1.807, 2.05) is 6.07 Å². The monoisotopic (exact) mass is 932 g/mol. The Labute approximate surface area is 402 Å². The zero-order valence-electron chi connectivity index (χ0n) is 41.1. The maximum absolute atomic E-state index is 7.72. The Morgan fingerprint density at radius 2 is 0.882 bits per heavy atom. The van der Waals surface area contributed by atoms with Gasteiger partial charge in [-0.15, -0.1) is 0 Å². The van der Waals surface area contributed by atoms with Crippen molar-refractivity contribution in [1.29, 1.82) is 0 Å². The molecule has 0 fully saturated rings. The summed E-state index contributed by atoms with van der Waals surface area (Å²) in [4.78, 5) is 0. The Hall–Kier alpha value is -6.44. The molecular weight excluding hydrogens is 875 g/mol. The Kier molecular flexibility index (Phi) is 10.3. The number of rotatable bonds is 8. The smallest absolute Gasteiger partial charge is 0.319 e. The molecular formula is C59H58N4O3P2. The number of aromatic nitrogens is 4. The topological polar surface area (TPSA) is 47.4 Å². The number of fused-ring (bicyclic) bond motifs is 6. The minimum absolute atomic E-state index is 0.194. The van der Waals surface area contributed by atoms with Crippen molar-refractivity contribution in [2.24, 2.45) is 0 Å². The molecule has 1 aliphatic rings. The van der Waals surface area contributed by atoms with Gasteiger partial charge in [0.1, 0.15) is 5.52 Å². The van der Waals surface area contributed by atoms with Gasteiger partial charge in [0.2, 0.25) is 0 Å². The SMILES string of the molecule is Cc1cn(P(Oc2cc(C(C)(C)C)cc3c2Oc2c(OP(n4cc(C)c5ccccc54)n4cc(C)c5ccccc54)cc(C(C)(C)C)cc2C3(C)C)n2cc(C)c3ccccc32)c2c#cccc12. The molecule has 5 heterocycles. The highest BCUT2D eigenvalue weighted by molar-refractivity contribution is 7.50. The molecule has 0 N–H and O–H groups in total. The van der Waals surface area contributed by atoms with Crippen molar-refractivity contribution in [3.63, 3.8) is 0 Å². The quantitative estimate of drug-likeness (QED) is 0.143. The van der Waals surface area contributed by atoms with Gasteiger partial charge in [-0.2, -0.15) is 0 Å². The summed E-state index contributed by atoms with van der Waals surface area (Å²) < 4.78 is 32.2. The number of hydrogen-bond donors (Lipinski definition) is 0. The second-order valence-corrected chi connectivity index (χ2v) is 24.3. The third kappa shape index (κ3) is 7.10. The molecule has 6 aromatic carbocycles. The van der Waals surface area contributed by atoms with Crippen LogP contribution in [-0.4, -0.2) is 17.4 Å². The normalized spacial score (nSPS) is 13.7. The number of benzene rings is 5. The van der Waals surface area contributed by atoms with Gasteiger partial charge in [-0.05, 0) is 120 Å². The molecule has 68 heavy (non-hydrogen) atoms. The van der Waals surface area contributed by atoms with Crippen LogP contribution in [0.25, 0.3) is 43.6 Å². The van der Waals surface area contributed by atoms with Crippen LogP contribution in [0.3, 0.4) is 0 Å². The van der Waals surface area contributed by atoms with Crippen LogP contribution in [0.4, 0.5) is 0 Å². The maximum atomic E-state index is 7.72. The molecule has 4 aromatic heterocycles. The summed E-state index contributed by atoms with van der Waals surface area (Å²) in [6, 6.07) is 45.7. The van der Waals surface area contributed by atoms with Crippen molar-refractivity contribution in [1.82, 2.24) is 17.4 Å². The summed E-state index contributed by atoms with van der Waals surface area (Å²) >= 11 is 0. The van der Waals surface area contributed by atoms with Crippen LogP contribution in [0.5, 0.6) is 23.0 Å². The molecule has 0 bridgehead atoms. The van der Waals surface area contributed by atoms with Crippen LogP contribution in [0.15, 0.2) is 134 Å². The molecule has 1 unspecified atom stereocenters. The van der Waals surface area contributed by atoms with E-state index in [9.17, 15) is 0 Å². The van der Waals surface area contributed by atoms with Crippen molar-refractivity contribution in [3.05, 3.63) is 191 Å². The number of nitrogens with zero attached hydrogens (tertiary/aromatic N) is 4. The van der Waals surface area contributed by atoms with Gasteiger partial charge in [-0.1, -0.05) is 128 Å². The zero-order valence-corrected chi connectivity index (χ0v) is 42.9. The second kappa shape index (κ2) is 15.8. The molecule has 0 saturated carbocycles. The molecule has 11 rings (SSSR count). The van der Waals surface area contributed by atoms with Gasteiger partial charge in [0, 0.05) is 62.9 Å². The summed E-state index contributed by atoms with van der Waals surface area (Å²) in [7, 11) is -3.18. The number of aryl methyl sites for hydroxylation is 4. The third-order valence-electron chi connectivity index (χ3n) is 13.9. The van der Waals surface area contributed by atoms with E-state index in [0.29, 0.717) is 23.0 Å². The average Bonchev–Trinajstić information content (AvgIpc) is 4.04. The predicted molar refractivity (Wildman–Crippen MR) is 284 cm³/mol. The highest BCUT2D eigenvalue weighted by Crippen LogP contribution is 2.61. The fraction of sp³-hybridized carbons (Fsp3) is 0.254. The lowest BCUT2D eigenvalue weighted by molar-refractivity contribution is 0.382. The first-order valence-electron chi connectivity index (χ1n) is 23.5. The fourth-order valence-corrected chi connectivity index (χ4v) is 13.8. The molecule has 10 aromatic rings. The highest BCUT2D eigenvalue weighted by atomic mass is 31.2. The molecule has 1 atom stereocenters. The van der Waals surface area contributed by atoms with E-state index in [0.717, 1.165) is 44.1 Å². The van der Waals surface area contributed by atoms with Crippen LogP contribution in [0.1, 0.15) is 99.9 Å². The lowest BCUT2D eigenvalue weighted by Gasteiger charge is -2.39. The summed E-state index contributed by atoms with van der Waals surface area (Å²) in [5.41, 5.74) is 12.6. The standard InChI is InChI=1S/C59H58N4O3P2/c1-37-33-60(49-25-17-13-21-43(37)49)67(61-34-38(2)44-22-14-18-26-50(44)61)65-53-31-41(57(5,6)7)29-47-55(53)64-56-48(59(47,11)12)30-42(58(8,9)10)32-54(56)66-68(62-35-39(3)45-23-15-19-27-51(45)62)63-36-40(4)46-24-16-20-28-52(46)63/h13-19,21-27,29-36H,1-12H3. The maximum Gasteiger partial charge on any atom is 0.319 e. The van der Waals surface area contributed by atoms with Gasteiger partial charge in [0.05, 0.1) is 16.6 Å². The van der Waals surface area contributed by atoms with Crippen LogP contribution in [0.2, 0.25) is 0 Å². The molecule has 9 heteroatoms. The molecule has 0 saturated heterocycles. The van der Waals surface area contributed by atoms with Gasteiger partial charge in [-0.25, -0.2) is 0 Å². The van der Waals surface area contributed by atoms with E-state index in [1.54, 1.807) is 0 Å². The number of para-hydroxylation sites is 3. The highest BCUT2D eigenvalue weighted by Gasteiger charge is 2.42. The molecule has 0 radical (unpaired) electrons. The van der Waals surface area contributed by atoms with Crippen LogP contribution < -0.4 is 13.8 Å². The van der Waals surface area contributed by atoms with Gasteiger partial charge in [0.15, 0.2) is 23.0 Å². The molecule has 0 spiro atoms. The van der Waals surface area contributed by atoms with E-state index in [2.05, 4.69) is 240 Å². The van der Waals surface area contributed by atoms with Gasteiger partial charge in [-0.3, -0.25) is 17.4 Å². The predicted octanol–water partition coefficient (Wildman–Crippen LogP) is 16.8. The molecule has 1 aliphatic heterocycles. The Morgan fingerprint density at radius 3 is 1.31 bits per heavy atom. The Bertz CT molecular complexity index is 3230. The number of ether oxygens (including phenoxy) is 1. The zero-order chi connectivity index (χ0) is 47.6. The van der Waals surface area contributed by atoms with E-state index in [4.69, 9.17) is 13.8 Å². The van der Waals surface area contributed by atoms with Gasteiger partial charge < -0.3 is 13.8 Å². The largest absolute Gasteiger partial charge is 0.449 e. The number of hydrogen-bond acceptors (Lipinski definition) is 3. The van der Waals surface area contributed by atoms with Crippen molar-refractivity contribution in [3.8, 4) is 23.0 Å². The molecule has 0 amide bonds. The molecule has 7 nitrogen and oxygen atoms in total. The van der Waals surface area contributed by atoms with Gasteiger partial charge in [0.25, 0.3) is 0 Å². The molecule has 342 valence electrons. The lowest BCUT2D eigenvalue weighted by atomic mass is 9.72. The first-order valence-corrected chi connectivity index (χ1v) is 25.8. The minimum atomic E-state index is -1.61. The van der Waals surface area contributed by atoms with E-state index >= 15 is 0 Å². The minimum Gasteiger partial charge on any atom is -0.449 e. The fourth-order valence-electron chi connectivity index (χ4n) is 9.90. The average molecular weight is 933 g/mol. The first kappa shape index (κ1) is 44.1. The van der Waals surface area contributed by atoms with Crippen molar-refractivity contribution in [2.45, 2.75) is 99.3 Å². The lowest BCUT2D eigenvalue weighted by Crippen LogP contribution is -2.27. The summed E-state index contributed by atoms with van der Waals surface area (Å²) in [6.07, 6.45) is 8.92. The van der Waals surface area contributed by atoms with E-state index in [1.165, 1.54) is 44.0 Å². The van der Waals surface area contributed by atoms with Crippen molar-refractivity contribution < 1.29 is 13.8 Å². The summed E-state index contributed by atoms with van der Waals surface area (Å²) in [5.74, 6) is 2.77. The first-order chi connectivity index (χ1) is 32.4. The summed E-state index contributed by atoms with van der Waals surface area (Å²) in [5, 5.41) is 4.71. The second-order valence-electron chi connectivity index (χ2n) is 21.2. The Balaban J connectivity index is 1.14.